The van der Waals surface area contributed by atoms with Crippen LogP contribution < -0.4 is 5.32 Å². The minimum atomic E-state index is 0.320. The summed E-state index contributed by atoms with van der Waals surface area (Å²) < 4.78 is 0. The molecule has 1 atom stereocenters. The Morgan fingerprint density at radius 3 is 2.79 bits per heavy atom. The van der Waals surface area contributed by atoms with Crippen molar-refractivity contribution in [2.24, 2.45) is 0 Å². The Morgan fingerprint density at radius 2 is 1.89 bits per heavy atom. The molecule has 1 nitrogen and oxygen atoms in total. The van der Waals surface area contributed by atoms with Gasteiger partial charge in [0.15, 0.2) is 0 Å². The lowest BCUT2D eigenvalue weighted by atomic mass is 9.90. The average Bonchev–Trinajstić information content (AvgIpc) is 2.44. The first-order valence-electron chi connectivity index (χ1n) is 6.50. The summed E-state index contributed by atoms with van der Waals surface area (Å²) in [6, 6.07) is 14.8. The summed E-state index contributed by atoms with van der Waals surface area (Å²) in [5.41, 5.74) is 3.91. The molecular weight excluding hydrogens is 277 g/mol. The summed E-state index contributed by atoms with van der Waals surface area (Å²) in [6.45, 7) is 1.01. The second kappa shape index (κ2) is 5.54. The van der Waals surface area contributed by atoms with Crippen LogP contribution in [0.15, 0.2) is 42.5 Å². The van der Waals surface area contributed by atoms with Crippen molar-refractivity contribution in [2.75, 3.05) is 6.54 Å². The molecule has 0 spiro atoms. The molecule has 0 aromatic heterocycles. The first kappa shape index (κ1) is 13.0. The Labute approximate surface area is 123 Å². The van der Waals surface area contributed by atoms with Crippen molar-refractivity contribution in [1.29, 1.82) is 0 Å². The molecule has 19 heavy (non-hydrogen) atoms. The first-order chi connectivity index (χ1) is 9.25. The van der Waals surface area contributed by atoms with E-state index in [0.29, 0.717) is 16.1 Å². The van der Waals surface area contributed by atoms with E-state index >= 15 is 0 Å². The van der Waals surface area contributed by atoms with Crippen LogP contribution in [-0.2, 0) is 12.8 Å². The van der Waals surface area contributed by atoms with Crippen LogP contribution in [0.2, 0.25) is 10.0 Å². The van der Waals surface area contributed by atoms with Crippen molar-refractivity contribution in [2.45, 2.75) is 18.9 Å². The molecule has 2 aromatic rings. The third kappa shape index (κ3) is 2.64. The molecule has 1 unspecified atom stereocenters. The fourth-order valence-electron chi connectivity index (χ4n) is 2.70. The molecular formula is C16H15Cl2N. The summed E-state index contributed by atoms with van der Waals surface area (Å²) in [5.74, 6) is 0. The van der Waals surface area contributed by atoms with Gasteiger partial charge in [-0.3, -0.25) is 0 Å². The molecule has 2 aromatic carbocycles. The molecule has 0 amide bonds. The van der Waals surface area contributed by atoms with Gasteiger partial charge in [-0.2, -0.15) is 0 Å². The average molecular weight is 292 g/mol. The third-order valence-corrected chi connectivity index (χ3v) is 4.53. The highest BCUT2D eigenvalue weighted by molar-refractivity contribution is 6.42. The van der Waals surface area contributed by atoms with Crippen molar-refractivity contribution in [3.8, 4) is 0 Å². The van der Waals surface area contributed by atoms with Gasteiger partial charge in [0, 0.05) is 6.04 Å². The lowest BCUT2D eigenvalue weighted by Crippen LogP contribution is -2.31. The highest BCUT2D eigenvalue weighted by Crippen LogP contribution is 2.31. The minimum Gasteiger partial charge on any atom is -0.309 e. The maximum Gasteiger partial charge on any atom is 0.0624 e. The zero-order chi connectivity index (χ0) is 13.2. The van der Waals surface area contributed by atoms with Crippen molar-refractivity contribution in [3.05, 3.63) is 69.2 Å². The summed E-state index contributed by atoms with van der Waals surface area (Å²) >= 11 is 12.4. The predicted octanol–water partition coefficient (Wildman–Crippen LogP) is 4.42. The SMILES string of the molecule is Clc1cccc(CC2NCCc3ccccc32)c1Cl. The summed E-state index contributed by atoms with van der Waals surface area (Å²) in [6.07, 6.45) is 1.96. The molecule has 0 radical (unpaired) electrons. The quantitative estimate of drug-likeness (QED) is 0.863. The van der Waals surface area contributed by atoms with E-state index in [1.165, 1.54) is 11.1 Å². The topological polar surface area (TPSA) is 12.0 Å². The van der Waals surface area contributed by atoms with E-state index in [4.69, 9.17) is 23.2 Å². The van der Waals surface area contributed by atoms with Crippen LogP contribution in [0.4, 0.5) is 0 Å². The van der Waals surface area contributed by atoms with E-state index in [9.17, 15) is 0 Å². The molecule has 1 heterocycles. The maximum atomic E-state index is 6.28. The maximum absolute atomic E-state index is 6.28. The van der Waals surface area contributed by atoms with Crippen LogP contribution in [0.1, 0.15) is 22.7 Å². The minimum absolute atomic E-state index is 0.320. The van der Waals surface area contributed by atoms with E-state index in [1.807, 2.05) is 18.2 Å². The fourth-order valence-corrected chi connectivity index (χ4v) is 3.10. The van der Waals surface area contributed by atoms with Crippen molar-refractivity contribution in [3.63, 3.8) is 0 Å². The molecule has 0 saturated carbocycles. The van der Waals surface area contributed by atoms with E-state index < -0.39 is 0 Å². The lowest BCUT2D eigenvalue weighted by molar-refractivity contribution is 0.502. The van der Waals surface area contributed by atoms with Crippen LogP contribution in [0.3, 0.4) is 0 Å². The number of fused-ring (bicyclic) bond motifs is 1. The van der Waals surface area contributed by atoms with E-state index in [-0.39, 0.29) is 0 Å². The van der Waals surface area contributed by atoms with Crippen molar-refractivity contribution < 1.29 is 0 Å². The smallest absolute Gasteiger partial charge is 0.0624 e. The van der Waals surface area contributed by atoms with Crippen LogP contribution in [0, 0.1) is 0 Å². The van der Waals surface area contributed by atoms with Gasteiger partial charge < -0.3 is 5.32 Å². The Hall–Kier alpha value is -1.02. The van der Waals surface area contributed by atoms with E-state index in [0.717, 1.165) is 24.9 Å². The molecule has 0 aliphatic carbocycles. The monoisotopic (exact) mass is 291 g/mol. The first-order valence-corrected chi connectivity index (χ1v) is 7.25. The third-order valence-electron chi connectivity index (χ3n) is 3.67. The fraction of sp³-hybridized carbons (Fsp3) is 0.250. The van der Waals surface area contributed by atoms with Gasteiger partial charge in [-0.25, -0.2) is 0 Å². The van der Waals surface area contributed by atoms with E-state index in [2.05, 4.69) is 29.6 Å². The zero-order valence-electron chi connectivity index (χ0n) is 10.5. The molecule has 3 heteroatoms. The van der Waals surface area contributed by atoms with Gasteiger partial charge in [0.05, 0.1) is 10.0 Å². The van der Waals surface area contributed by atoms with Crippen LogP contribution in [-0.4, -0.2) is 6.54 Å². The van der Waals surface area contributed by atoms with Gasteiger partial charge in [-0.05, 0) is 42.1 Å². The highest BCUT2D eigenvalue weighted by atomic mass is 35.5. The van der Waals surface area contributed by atoms with Crippen LogP contribution in [0.25, 0.3) is 0 Å². The molecule has 0 saturated heterocycles. The number of benzene rings is 2. The van der Waals surface area contributed by atoms with Crippen LogP contribution >= 0.6 is 23.2 Å². The van der Waals surface area contributed by atoms with E-state index in [1.54, 1.807) is 0 Å². The van der Waals surface area contributed by atoms with Gasteiger partial charge in [-0.1, -0.05) is 59.6 Å². The second-order valence-corrected chi connectivity index (χ2v) is 5.66. The molecule has 0 fully saturated rings. The Morgan fingerprint density at radius 1 is 1.05 bits per heavy atom. The Bertz CT molecular complexity index is 595. The Balaban J connectivity index is 1.91. The zero-order valence-corrected chi connectivity index (χ0v) is 12.0. The van der Waals surface area contributed by atoms with Gasteiger partial charge >= 0.3 is 0 Å². The lowest BCUT2D eigenvalue weighted by Gasteiger charge is -2.27. The van der Waals surface area contributed by atoms with Crippen molar-refractivity contribution in [1.82, 2.24) is 5.32 Å². The molecule has 1 aliphatic rings. The number of halogens is 2. The Kier molecular flexibility index (Phi) is 3.79. The largest absolute Gasteiger partial charge is 0.309 e. The van der Waals surface area contributed by atoms with Gasteiger partial charge in [0.25, 0.3) is 0 Å². The van der Waals surface area contributed by atoms with Gasteiger partial charge in [-0.15, -0.1) is 0 Å². The number of hydrogen-bond acceptors (Lipinski definition) is 1. The molecule has 1 aliphatic heterocycles. The number of nitrogens with one attached hydrogen (secondary N) is 1. The van der Waals surface area contributed by atoms with Crippen molar-refractivity contribution >= 4 is 23.2 Å². The molecule has 1 N–H and O–H groups in total. The number of rotatable bonds is 2. The summed E-state index contributed by atoms with van der Waals surface area (Å²) in [7, 11) is 0. The molecule has 98 valence electrons. The highest BCUT2D eigenvalue weighted by Gasteiger charge is 2.20. The molecule has 3 rings (SSSR count). The summed E-state index contributed by atoms with van der Waals surface area (Å²) in [4.78, 5) is 0. The normalized spacial score (nSPS) is 18.1. The standard InChI is InChI=1S/C16H15Cl2N/c17-14-7-3-5-12(16(14)18)10-15-13-6-2-1-4-11(13)8-9-19-15/h1-7,15,19H,8-10H2. The predicted molar refractivity (Wildman–Crippen MR) is 81.1 cm³/mol. The molecule has 0 bridgehead atoms. The van der Waals surface area contributed by atoms with Crippen LogP contribution in [0.5, 0.6) is 0 Å². The van der Waals surface area contributed by atoms with Gasteiger partial charge in [0.1, 0.15) is 0 Å². The van der Waals surface area contributed by atoms with Gasteiger partial charge in [0.2, 0.25) is 0 Å². The second-order valence-electron chi connectivity index (χ2n) is 4.87. The summed E-state index contributed by atoms with van der Waals surface area (Å²) in [5, 5.41) is 4.87. The number of hydrogen-bond donors (Lipinski definition) is 1.